The van der Waals surface area contributed by atoms with Crippen LogP contribution >= 0.6 is 0 Å². The molecule has 1 aromatic carbocycles. The van der Waals surface area contributed by atoms with Gasteiger partial charge in [0.2, 0.25) is 11.8 Å². The first-order valence-electron chi connectivity index (χ1n) is 7.57. The topological polar surface area (TPSA) is 75.7 Å². The number of carbonyl (C=O) groups is 3. The van der Waals surface area contributed by atoms with Gasteiger partial charge in [-0.2, -0.15) is 0 Å². The van der Waals surface area contributed by atoms with Gasteiger partial charge in [-0.25, -0.2) is 0 Å². The van der Waals surface area contributed by atoms with E-state index in [1.807, 2.05) is 30.3 Å². The van der Waals surface area contributed by atoms with Crippen molar-refractivity contribution >= 4 is 17.8 Å². The Balaban J connectivity index is 2.59. The summed E-state index contributed by atoms with van der Waals surface area (Å²) in [5, 5.41) is 2.80. The van der Waals surface area contributed by atoms with Crippen LogP contribution in [-0.4, -0.2) is 43.4 Å². The Morgan fingerprint density at radius 2 is 1.87 bits per heavy atom. The summed E-state index contributed by atoms with van der Waals surface area (Å²) in [6.45, 7) is 1.90. The number of amides is 2. The summed E-state index contributed by atoms with van der Waals surface area (Å²) in [4.78, 5) is 36.3. The van der Waals surface area contributed by atoms with Gasteiger partial charge in [0.05, 0.1) is 19.6 Å². The van der Waals surface area contributed by atoms with Gasteiger partial charge in [0, 0.05) is 26.9 Å². The molecule has 6 nitrogen and oxygen atoms in total. The molecule has 0 aliphatic carbocycles. The first-order valence-corrected chi connectivity index (χ1v) is 7.57. The molecule has 1 unspecified atom stereocenters. The summed E-state index contributed by atoms with van der Waals surface area (Å²) in [7, 11) is 3.03. The lowest BCUT2D eigenvalue weighted by molar-refractivity contribution is -0.141. The molecule has 0 aromatic heterocycles. The quantitative estimate of drug-likeness (QED) is 0.739. The maximum absolute atomic E-state index is 12.3. The number of ether oxygens (including phenoxy) is 1. The zero-order valence-corrected chi connectivity index (χ0v) is 13.9. The van der Waals surface area contributed by atoms with Gasteiger partial charge >= 0.3 is 5.97 Å². The van der Waals surface area contributed by atoms with E-state index in [0.29, 0.717) is 13.0 Å². The zero-order chi connectivity index (χ0) is 17.2. The average molecular weight is 320 g/mol. The number of hydrogen-bond acceptors (Lipinski definition) is 4. The fraction of sp³-hybridized carbons (Fsp3) is 0.471. The van der Waals surface area contributed by atoms with Gasteiger partial charge in [0.25, 0.3) is 0 Å². The van der Waals surface area contributed by atoms with Crippen molar-refractivity contribution in [1.29, 1.82) is 0 Å². The predicted molar refractivity (Wildman–Crippen MR) is 86.5 cm³/mol. The SMILES string of the molecule is COC(=O)CCCN(C)C(=O)CC(NC(C)=O)c1ccccc1. The molecule has 0 aliphatic rings. The van der Waals surface area contributed by atoms with Crippen LogP contribution < -0.4 is 5.32 Å². The standard InChI is InChI=1S/C17H24N2O4/c1-13(20)18-15(14-8-5-4-6-9-14)12-16(21)19(2)11-7-10-17(22)23-3/h4-6,8-9,15H,7,10-12H2,1-3H3,(H,18,20). The molecule has 0 spiro atoms. The van der Waals surface area contributed by atoms with Crippen LogP contribution in [0.4, 0.5) is 0 Å². The van der Waals surface area contributed by atoms with E-state index in [-0.39, 0.29) is 36.7 Å². The number of esters is 1. The Bertz CT molecular complexity index is 531. The third kappa shape index (κ3) is 6.95. The highest BCUT2D eigenvalue weighted by atomic mass is 16.5. The number of nitrogens with zero attached hydrogens (tertiary/aromatic N) is 1. The molecule has 0 saturated carbocycles. The Morgan fingerprint density at radius 3 is 2.43 bits per heavy atom. The summed E-state index contributed by atoms with van der Waals surface area (Å²) in [5.74, 6) is -0.552. The van der Waals surface area contributed by atoms with Crippen LogP contribution in [0.2, 0.25) is 0 Å². The molecule has 0 saturated heterocycles. The summed E-state index contributed by atoms with van der Waals surface area (Å²) in [6, 6.07) is 9.03. The van der Waals surface area contributed by atoms with Gasteiger partial charge in [0.1, 0.15) is 0 Å². The van der Waals surface area contributed by atoms with E-state index in [0.717, 1.165) is 5.56 Å². The number of methoxy groups -OCH3 is 1. The van der Waals surface area contributed by atoms with Crippen LogP contribution in [-0.2, 0) is 19.1 Å². The lowest BCUT2D eigenvalue weighted by atomic mass is 10.0. The van der Waals surface area contributed by atoms with Gasteiger partial charge in [-0.15, -0.1) is 0 Å². The summed E-state index contributed by atoms with van der Waals surface area (Å²) < 4.78 is 4.57. The van der Waals surface area contributed by atoms with Crippen LogP contribution in [0.1, 0.15) is 37.8 Å². The van der Waals surface area contributed by atoms with Crippen LogP contribution in [0, 0.1) is 0 Å². The van der Waals surface area contributed by atoms with Gasteiger partial charge in [-0.05, 0) is 12.0 Å². The smallest absolute Gasteiger partial charge is 0.305 e. The Morgan fingerprint density at radius 1 is 1.22 bits per heavy atom. The highest BCUT2D eigenvalue weighted by Gasteiger charge is 2.19. The molecule has 1 atom stereocenters. The average Bonchev–Trinajstić information content (AvgIpc) is 2.54. The molecule has 0 radical (unpaired) electrons. The van der Waals surface area contributed by atoms with E-state index >= 15 is 0 Å². The van der Waals surface area contributed by atoms with Crippen molar-refractivity contribution in [2.45, 2.75) is 32.2 Å². The monoisotopic (exact) mass is 320 g/mol. The largest absolute Gasteiger partial charge is 0.469 e. The molecule has 0 heterocycles. The van der Waals surface area contributed by atoms with Gasteiger partial charge in [-0.1, -0.05) is 30.3 Å². The van der Waals surface area contributed by atoms with Gasteiger partial charge < -0.3 is 15.0 Å². The Hall–Kier alpha value is -2.37. The lowest BCUT2D eigenvalue weighted by Crippen LogP contribution is -2.34. The maximum atomic E-state index is 12.3. The summed E-state index contributed by atoms with van der Waals surface area (Å²) >= 11 is 0. The van der Waals surface area contributed by atoms with E-state index in [1.165, 1.54) is 14.0 Å². The van der Waals surface area contributed by atoms with E-state index in [1.54, 1.807) is 11.9 Å². The van der Waals surface area contributed by atoms with Crippen molar-refractivity contribution in [2.24, 2.45) is 0 Å². The second-order valence-corrected chi connectivity index (χ2v) is 5.36. The lowest BCUT2D eigenvalue weighted by Gasteiger charge is -2.22. The van der Waals surface area contributed by atoms with E-state index in [9.17, 15) is 14.4 Å². The Labute approximate surface area is 136 Å². The molecular weight excluding hydrogens is 296 g/mol. The van der Waals surface area contributed by atoms with E-state index in [4.69, 9.17) is 0 Å². The van der Waals surface area contributed by atoms with Gasteiger partial charge in [-0.3, -0.25) is 14.4 Å². The third-order valence-electron chi connectivity index (χ3n) is 3.49. The molecule has 0 bridgehead atoms. The predicted octanol–water partition coefficient (Wildman–Crippen LogP) is 1.67. The second-order valence-electron chi connectivity index (χ2n) is 5.36. The molecule has 6 heteroatoms. The summed E-state index contributed by atoms with van der Waals surface area (Å²) in [5.41, 5.74) is 0.888. The molecule has 0 fully saturated rings. The minimum absolute atomic E-state index is 0.0857. The normalized spacial score (nSPS) is 11.4. The van der Waals surface area contributed by atoms with Crippen molar-refractivity contribution in [1.82, 2.24) is 10.2 Å². The molecule has 0 aliphatic heterocycles. The molecule has 1 N–H and O–H groups in total. The van der Waals surface area contributed by atoms with Crippen molar-refractivity contribution in [3.63, 3.8) is 0 Å². The van der Waals surface area contributed by atoms with E-state index in [2.05, 4.69) is 10.1 Å². The number of hydrogen-bond donors (Lipinski definition) is 1. The van der Waals surface area contributed by atoms with E-state index < -0.39 is 0 Å². The minimum Gasteiger partial charge on any atom is -0.469 e. The number of rotatable bonds is 8. The molecule has 2 amide bonds. The highest BCUT2D eigenvalue weighted by Crippen LogP contribution is 2.17. The van der Waals surface area contributed by atoms with Crippen molar-refractivity contribution in [2.75, 3.05) is 20.7 Å². The molecule has 126 valence electrons. The van der Waals surface area contributed by atoms with Crippen molar-refractivity contribution in [3.8, 4) is 0 Å². The first kappa shape index (κ1) is 18.7. The van der Waals surface area contributed by atoms with Crippen LogP contribution in [0.5, 0.6) is 0 Å². The van der Waals surface area contributed by atoms with Crippen LogP contribution in [0.25, 0.3) is 0 Å². The zero-order valence-electron chi connectivity index (χ0n) is 13.9. The van der Waals surface area contributed by atoms with Gasteiger partial charge in [0.15, 0.2) is 0 Å². The fourth-order valence-electron chi connectivity index (χ4n) is 2.20. The van der Waals surface area contributed by atoms with Crippen molar-refractivity contribution in [3.05, 3.63) is 35.9 Å². The van der Waals surface area contributed by atoms with Crippen molar-refractivity contribution < 1.29 is 19.1 Å². The molecule has 23 heavy (non-hydrogen) atoms. The number of nitrogens with one attached hydrogen (secondary N) is 1. The Kier molecular flexibility index (Phi) is 7.80. The third-order valence-corrected chi connectivity index (χ3v) is 3.49. The number of carbonyl (C=O) groups excluding carboxylic acids is 3. The summed E-state index contributed by atoms with van der Waals surface area (Å²) in [6.07, 6.45) is 1.01. The first-order chi connectivity index (χ1) is 10.9. The minimum atomic E-state index is -0.357. The molecule has 1 rings (SSSR count). The second kappa shape index (κ2) is 9.61. The highest BCUT2D eigenvalue weighted by molar-refractivity contribution is 5.79. The van der Waals surface area contributed by atoms with Crippen LogP contribution in [0.3, 0.4) is 0 Å². The fourth-order valence-corrected chi connectivity index (χ4v) is 2.20. The molecule has 1 aromatic rings. The maximum Gasteiger partial charge on any atom is 0.305 e. The van der Waals surface area contributed by atoms with Crippen LogP contribution in [0.15, 0.2) is 30.3 Å². The number of benzene rings is 1. The molecular formula is C17H24N2O4.